The first-order valence-electron chi connectivity index (χ1n) is 11.8. The number of nitrogens with one attached hydrogen (secondary N) is 3. The summed E-state index contributed by atoms with van der Waals surface area (Å²) in [6.45, 7) is 2.61. The SMILES string of the molecule is Cl.Cl.O=c1[nH]c2c(O)ccc(C(O)CNCCc3cccc(CCNCCc4ccccc4F)c3)c2s1. The van der Waals surface area contributed by atoms with Gasteiger partial charge >= 0.3 is 4.87 Å². The summed E-state index contributed by atoms with van der Waals surface area (Å²) in [7, 11) is 0. The van der Waals surface area contributed by atoms with E-state index in [4.69, 9.17) is 0 Å². The zero-order chi connectivity index (χ0) is 24.6. The number of aromatic hydroxyl groups is 1. The van der Waals surface area contributed by atoms with Crippen molar-refractivity contribution < 1.29 is 14.6 Å². The molecule has 0 saturated heterocycles. The van der Waals surface area contributed by atoms with E-state index < -0.39 is 6.10 Å². The van der Waals surface area contributed by atoms with Crippen molar-refractivity contribution in [3.63, 3.8) is 0 Å². The van der Waals surface area contributed by atoms with Crippen LogP contribution in [-0.2, 0) is 19.3 Å². The van der Waals surface area contributed by atoms with E-state index in [1.807, 2.05) is 12.1 Å². The van der Waals surface area contributed by atoms with Crippen LogP contribution in [0.3, 0.4) is 0 Å². The first-order chi connectivity index (χ1) is 17.0. The third-order valence-corrected chi connectivity index (χ3v) is 6.92. The number of aliphatic hydroxyl groups excluding tert-OH is 1. The molecule has 0 amide bonds. The Morgan fingerprint density at radius 1 is 0.892 bits per heavy atom. The van der Waals surface area contributed by atoms with Crippen LogP contribution in [0.5, 0.6) is 5.75 Å². The first kappa shape index (κ1) is 30.8. The molecule has 4 rings (SSSR count). The lowest BCUT2D eigenvalue weighted by atomic mass is 10.1. The normalized spacial score (nSPS) is 11.6. The van der Waals surface area contributed by atoms with Crippen molar-refractivity contribution in [2.75, 3.05) is 26.2 Å². The molecule has 10 heteroatoms. The third-order valence-electron chi connectivity index (χ3n) is 5.99. The lowest BCUT2D eigenvalue weighted by molar-refractivity contribution is 0.176. The van der Waals surface area contributed by atoms with E-state index in [-0.39, 0.29) is 41.3 Å². The molecule has 1 unspecified atom stereocenters. The Hall–Kier alpha value is -2.46. The van der Waals surface area contributed by atoms with Crippen LogP contribution in [0.1, 0.15) is 28.4 Å². The number of rotatable bonds is 12. The van der Waals surface area contributed by atoms with Crippen molar-refractivity contribution in [3.05, 3.63) is 98.4 Å². The molecule has 0 spiro atoms. The van der Waals surface area contributed by atoms with Gasteiger partial charge in [-0.3, -0.25) is 4.79 Å². The fourth-order valence-corrected chi connectivity index (χ4v) is 5.02. The standard InChI is InChI=1S/C27H30FN3O3S.2ClH/c28-22-7-2-1-6-20(22)12-15-29-13-10-18-4-3-5-19(16-18)11-14-30-17-24(33)21-8-9-23(32)25-26(21)35-27(34)31-25;;/h1-9,16,24,29-30,32-33H,10-15,17H2,(H,31,34);2*1H. The molecule has 37 heavy (non-hydrogen) atoms. The topological polar surface area (TPSA) is 97.4 Å². The molecule has 0 aliphatic carbocycles. The predicted molar refractivity (Wildman–Crippen MR) is 153 cm³/mol. The van der Waals surface area contributed by atoms with E-state index in [0.717, 1.165) is 42.8 Å². The van der Waals surface area contributed by atoms with Crippen LogP contribution in [0.4, 0.5) is 4.39 Å². The Morgan fingerprint density at radius 2 is 1.57 bits per heavy atom. The highest BCUT2D eigenvalue weighted by Crippen LogP contribution is 2.31. The van der Waals surface area contributed by atoms with E-state index in [9.17, 15) is 19.4 Å². The van der Waals surface area contributed by atoms with Crippen molar-refractivity contribution in [1.29, 1.82) is 0 Å². The zero-order valence-corrected chi connectivity index (χ0v) is 22.7. The summed E-state index contributed by atoms with van der Waals surface area (Å²) in [5.41, 5.74) is 4.19. The van der Waals surface area contributed by atoms with Crippen molar-refractivity contribution in [2.45, 2.75) is 25.4 Å². The number of aliphatic hydroxyl groups is 1. The fourth-order valence-electron chi connectivity index (χ4n) is 4.11. The Morgan fingerprint density at radius 3 is 2.30 bits per heavy atom. The molecule has 6 nitrogen and oxygen atoms in total. The number of phenols is 1. The van der Waals surface area contributed by atoms with Gasteiger partial charge in [0.25, 0.3) is 0 Å². The van der Waals surface area contributed by atoms with E-state index in [0.29, 0.717) is 35.3 Å². The maximum atomic E-state index is 13.7. The highest BCUT2D eigenvalue weighted by atomic mass is 35.5. The summed E-state index contributed by atoms with van der Waals surface area (Å²) in [6.07, 6.45) is 1.60. The van der Waals surface area contributed by atoms with E-state index in [2.05, 4.69) is 39.9 Å². The lowest BCUT2D eigenvalue weighted by Crippen LogP contribution is -2.24. The second-order valence-electron chi connectivity index (χ2n) is 8.52. The van der Waals surface area contributed by atoms with E-state index in [1.165, 1.54) is 23.3 Å². The second-order valence-corrected chi connectivity index (χ2v) is 9.51. The van der Waals surface area contributed by atoms with Gasteiger partial charge < -0.3 is 25.8 Å². The van der Waals surface area contributed by atoms with E-state index >= 15 is 0 Å². The molecular weight excluding hydrogens is 536 g/mol. The Kier molecular flexibility index (Phi) is 12.5. The largest absolute Gasteiger partial charge is 0.506 e. The number of hydrogen-bond acceptors (Lipinski definition) is 6. The molecule has 5 N–H and O–H groups in total. The van der Waals surface area contributed by atoms with Crippen molar-refractivity contribution in [2.24, 2.45) is 0 Å². The molecule has 1 heterocycles. The summed E-state index contributed by atoms with van der Waals surface area (Å²) >= 11 is 0.987. The van der Waals surface area contributed by atoms with Crippen molar-refractivity contribution >= 4 is 46.4 Å². The number of halogens is 3. The molecule has 1 atom stereocenters. The zero-order valence-electron chi connectivity index (χ0n) is 20.2. The van der Waals surface area contributed by atoms with E-state index in [1.54, 1.807) is 12.1 Å². The highest BCUT2D eigenvalue weighted by Gasteiger charge is 2.15. The van der Waals surface area contributed by atoms with Gasteiger partial charge in [-0.25, -0.2) is 4.39 Å². The summed E-state index contributed by atoms with van der Waals surface area (Å²) in [6, 6.07) is 18.5. The summed E-state index contributed by atoms with van der Waals surface area (Å²) in [4.78, 5) is 14.0. The summed E-state index contributed by atoms with van der Waals surface area (Å²) in [5, 5.41) is 27.2. The summed E-state index contributed by atoms with van der Waals surface area (Å²) in [5.74, 6) is -0.150. The minimum absolute atomic E-state index is 0. The van der Waals surface area contributed by atoms with Gasteiger partial charge in [-0.1, -0.05) is 59.9 Å². The van der Waals surface area contributed by atoms with Crippen LogP contribution < -0.4 is 15.5 Å². The van der Waals surface area contributed by atoms with Crippen LogP contribution in [0.15, 0.2) is 65.5 Å². The average molecular weight is 569 g/mol. The molecule has 1 aromatic heterocycles. The van der Waals surface area contributed by atoms with Crippen LogP contribution in [0, 0.1) is 5.82 Å². The van der Waals surface area contributed by atoms with Crippen LogP contribution in [-0.4, -0.2) is 41.4 Å². The number of thiazole rings is 1. The van der Waals surface area contributed by atoms with Crippen LogP contribution in [0.2, 0.25) is 0 Å². The van der Waals surface area contributed by atoms with Crippen LogP contribution in [0.25, 0.3) is 10.2 Å². The van der Waals surface area contributed by atoms with Gasteiger partial charge in [0.1, 0.15) is 17.1 Å². The highest BCUT2D eigenvalue weighted by molar-refractivity contribution is 7.16. The number of benzene rings is 3. The predicted octanol–water partition coefficient (Wildman–Crippen LogP) is 4.52. The number of aromatic nitrogens is 1. The Labute approximate surface area is 231 Å². The lowest BCUT2D eigenvalue weighted by Gasteiger charge is -2.13. The molecule has 0 fully saturated rings. The smallest absolute Gasteiger partial charge is 0.305 e. The summed E-state index contributed by atoms with van der Waals surface area (Å²) < 4.78 is 14.3. The molecule has 200 valence electrons. The fraction of sp³-hybridized carbons (Fsp3) is 0.296. The number of hydrogen-bond donors (Lipinski definition) is 5. The maximum Gasteiger partial charge on any atom is 0.305 e. The number of fused-ring (bicyclic) bond motifs is 1. The minimum atomic E-state index is -0.786. The molecular formula is C27H32Cl2FN3O3S. The third kappa shape index (κ3) is 8.53. The number of aromatic amines is 1. The number of phenolic OH excluding ortho intramolecular Hbond substituents is 1. The molecule has 0 bridgehead atoms. The Bertz CT molecular complexity index is 1330. The van der Waals surface area contributed by atoms with Crippen molar-refractivity contribution in [3.8, 4) is 5.75 Å². The minimum Gasteiger partial charge on any atom is -0.506 e. The molecule has 0 aliphatic heterocycles. The Balaban J connectivity index is 0.00000241. The van der Waals surface area contributed by atoms with Gasteiger partial charge in [-0.2, -0.15) is 0 Å². The van der Waals surface area contributed by atoms with Gasteiger partial charge in [0.15, 0.2) is 0 Å². The van der Waals surface area contributed by atoms with Crippen LogP contribution >= 0.6 is 36.2 Å². The van der Waals surface area contributed by atoms with Gasteiger partial charge in [-0.05, 0) is 67.7 Å². The molecule has 3 aromatic carbocycles. The van der Waals surface area contributed by atoms with Gasteiger partial charge in [0.05, 0.1) is 10.8 Å². The second kappa shape index (κ2) is 15.1. The molecule has 4 aromatic rings. The molecule has 0 saturated carbocycles. The van der Waals surface area contributed by atoms with Gasteiger partial charge in [0, 0.05) is 12.1 Å². The monoisotopic (exact) mass is 567 g/mol. The number of H-pyrrole nitrogens is 1. The average Bonchev–Trinajstić information content (AvgIpc) is 3.25. The quantitative estimate of drug-likeness (QED) is 0.162. The van der Waals surface area contributed by atoms with Gasteiger partial charge in [-0.15, -0.1) is 24.8 Å². The maximum absolute atomic E-state index is 13.7. The molecule has 0 aliphatic rings. The van der Waals surface area contributed by atoms with Gasteiger partial charge in [0.2, 0.25) is 0 Å². The van der Waals surface area contributed by atoms with Crippen molar-refractivity contribution in [1.82, 2.24) is 15.6 Å². The molecule has 0 radical (unpaired) electrons. The first-order valence-corrected chi connectivity index (χ1v) is 12.6.